The molecule has 2 aliphatic rings. The number of carbonyl (C=O) groups excluding carboxylic acids is 3. The molecular formula is C25H29N5O4S. The molecule has 2 aliphatic heterocycles. The Morgan fingerprint density at radius 2 is 1.89 bits per heavy atom. The first-order chi connectivity index (χ1) is 16.6. The summed E-state index contributed by atoms with van der Waals surface area (Å²) < 4.78 is 5.62. The van der Waals surface area contributed by atoms with Crippen molar-refractivity contribution >= 4 is 40.5 Å². The van der Waals surface area contributed by atoms with E-state index in [2.05, 4.69) is 15.6 Å². The van der Waals surface area contributed by atoms with Crippen LogP contribution in [0.1, 0.15) is 43.7 Å². The van der Waals surface area contributed by atoms with Gasteiger partial charge in [0, 0.05) is 42.6 Å². The summed E-state index contributed by atoms with van der Waals surface area (Å²) in [5.74, 6) is 0.112. The van der Waals surface area contributed by atoms with Gasteiger partial charge in [-0.05, 0) is 45.0 Å². The molecule has 0 spiro atoms. The van der Waals surface area contributed by atoms with E-state index in [4.69, 9.17) is 9.73 Å². The zero-order valence-corrected chi connectivity index (χ0v) is 21.0. The van der Waals surface area contributed by atoms with E-state index in [-0.39, 0.29) is 24.3 Å². The van der Waals surface area contributed by atoms with E-state index in [1.165, 1.54) is 18.7 Å². The Morgan fingerprint density at radius 1 is 1.14 bits per heavy atom. The molecule has 3 heterocycles. The Hall–Kier alpha value is -3.40. The Morgan fingerprint density at radius 3 is 2.57 bits per heavy atom. The Kier molecular flexibility index (Phi) is 6.84. The van der Waals surface area contributed by atoms with Crippen LogP contribution in [0.3, 0.4) is 0 Å². The van der Waals surface area contributed by atoms with Crippen molar-refractivity contribution in [1.82, 2.24) is 15.2 Å². The molecule has 0 bridgehead atoms. The molecule has 9 nitrogen and oxygen atoms in total. The van der Waals surface area contributed by atoms with E-state index in [0.717, 1.165) is 0 Å². The van der Waals surface area contributed by atoms with E-state index in [9.17, 15) is 14.4 Å². The molecule has 184 valence electrons. The fraction of sp³-hybridized carbons (Fsp3) is 0.400. The molecule has 2 N–H and O–H groups in total. The van der Waals surface area contributed by atoms with Gasteiger partial charge in [-0.2, -0.15) is 0 Å². The van der Waals surface area contributed by atoms with Gasteiger partial charge in [0.2, 0.25) is 5.91 Å². The molecule has 0 unspecified atom stereocenters. The number of amides is 3. The zero-order valence-electron chi connectivity index (χ0n) is 20.2. The van der Waals surface area contributed by atoms with Crippen LogP contribution >= 0.6 is 11.8 Å². The number of likely N-dealkylation sites (tertiary alicyclic amines) is 1. The maximum Gasteiger partial charge on any atom is 0.410 e. The van der Waals surface area contributed by atoms with Crippen molar-refractivity contribution in [3.8, 4) is 0 Å². The van der Waals surface area contributed by atoms with Crippen LogP contribution in [0.5, 0.6) is 0 Å². The maximum atomic E-state index is 12.9. The van der Waals surface area contributed by atoms with Gasteiger partial charge in [-0.1, -0.05) is 30.0 Å². The van der Waals surface area contributed by atoms with Crippen LogP contribution in [0.2, 0.25) is 0 Å². The minimum absolute atomic E-state index is 0.0579. The number of ether oxygens (including phenoxy) is 1. The largest absolute Gasteiger partial charge is 0.444 e. The lowest BCUT2D eigenvalue weighted by atomic mass is 9.85. The van der Waals surface area contributed by atoms with Gasteiger partial charge in [0.05, 0.1) is 12.2 Å². The van der Waals surface area contributed by atoms with Gasteiger partial charge in [0.1, 0.15) is 11.1 Å². The maximum absolute atomic E-state index is 12.9. The number of fused-ring (bicyclic) bond motifs is 1. The average Bonchev–Trinajstić information content (AvgIpc) is 3.19. The van der Waals surface area contributed by atoms with Gasteiger partial charge in [0.25, 0.3) is 5.91 Å². The summed E-state index contributed by atoms with van der Waals surface area (Å²) in [6.45, 7) is 7.60. The molecule has 1 saturated heterocycles. The fourth-order valence-electron chi connectivity index (χ4n) is 4.20. The third-order valence-corrected chi connectivity index (χ3v) is 6.74. The molecule has 1 aromatic heterocycles. The number of nitrogens with zero attached hydrogens (tertiary/aromatic N) is 3. The smallest absolute Gasteiger partial charge is 0.410 e. The van der Waals surface area contributed by atoms with Crippen molar-refractivity contribution in [2.45, 2.75) is 38.8 Å². The van der Waals surface area contributed by atoms with Crippen LogP contribution in [0.15, 0.2) is 53.7 Å². The number of rotatable bonds is 3. The first kappa shape index (κ1) is 24.7. The number of pyridine rings is 1. The first-order valence-electron chi connectivity index (χ1n) is 11.4. The van der Waals surface area contributed by atoms with E-state index >= 15 is 0 Å². The lowest BCUT2D eigenvalue weighted by Crippen LogP contribution is -2.43. The normalized spacial score (nSPS) is 21.5. The quantitative estimate of drug-likeness (QED) is 0.672. The van der Waals surface area contributed by atoms with E-state index in [1.54, 1.807) is 47.5 Å². The van der Waals surface area contributed by atoms with E-state index < -0.39 is 17.2 Å². The highest BCUT2D eigenvalue weighted by atomic mass is 32.2. The number of nitrogens with one attached hydrogen (secondary N) is 2. The molecule has 1 fully saturated rings. The van der Waals surface area contributed by atoms with Crippen molar-refractivity contribution < 1.29 is 19.1 Å². The lowest BCUT2D eigenvalue weighted by Gasteiger charge is -2.34. The predicted octanol–water partition coefficient (Wildman–Crippen LogP) is 3.64. The number of hydrogen-bond acceptors (Lipinski definition) is 7. The number of aromatic nitrogens is 1. The number of aliphatic imine (C=N–C) groups is 1. The number of anilines is 1. The average molecular weight is 496 g/mol. The predicted molar refractivity (Wildman–Crippen MR) is 135 cm³/mol. The lowest BCUT2D eigenvalue weighted by molar-refractivity contribution is -0.114. The second-order valence-corrected chi connectivity index (χ2v) is 10.6. The summed E-state index contributed by atoms with van der Waals surface area (Å²) in [6.07, 6.45) is 1.20. The van der Waals surface area contributed by atoms with Crippen LogP contribution in [-0.2, 0) is 15.1 Å². The van der Waals surface area contributed by atoms with E-state index in [1.807, 2.05) is 26.8 Å². The van der Waals surface area contributed by atoms with Crippen LogP contribution in [0.4, 0.5) is 10.5 Å². The summed E-state index contributed by atoms with van der Waals surface area (Å²) in [4.78, 5) is 48.6. The molecular weight excluding hydrogens is 466 g/mol. The van der Waals surface area contributed by atoms with Crippen molar-refractivity contribution in [2.75, 3.05) is 24.2 Å². The van der Waals surface area contributed by atoms with Crippen LogP contribution in [-0.4, -0.2) is 57.4 Å². The molecule has 4 rings (SSSR count). The third kappa shape index (κ3) is 5.64. The van der Waals surface area contributed by atoms with Gasteiger partial charge in [-0.25, -0.2) is 9.79 Å². The number of benzene rings is 1. The van der Waals surface area contributed by atoms with Crippen molar-refractivity contribution in [3.05, 3.63) is 59.9 Å². The summed E-state index contributed by atoms with van der Waals surface area (Å²) >= 11 is 1.44. The molecule has 0 saturated carbocycles. The van der Waals surface area contributed by atoms with Gasteiger partial charge in [-0.3, -0.25) is 14.6 Å². The van der Waals surface area contributed by atoms with E-state index in [0.29, 0.717) is 34.4 Å². The number of thioether (sulfide) groups is 1. The minimum atomic E-state index is -0.893. The zero-order chi connectivity index (χ0) is 25.2. The molecule has 10 heteroatoms. The van der Waals surface area contributed by atoms with Gasteiger partial charge < -0.3 is 20.3 Å². The highest BCUT2D eigenvalue weighted by Gasteiger charge is 2.53. The summed E-state index contributed by atoms with van der Waals surface area (Å²) in [5.41, 5.74) is 0.213. The first-order valence-corrected chi connectivity index (χ1v) is 12.4. The van der Waals surface area contributed by atoms with Crippen LogP contribution < -0.4 is 10.6 Å². The molecule has 0 radical (unpaired) electrons. The van der Waals surface area contributed by atoms with Crippen molar-refractivity contribution in [3.63, 3.8) is 0 Å². The second kappa shape index (κ2) is 9.69. The molecule has 0 aliphatic carbocycles. The second-order valence-electron chi connectivity index (χ2n) is 9.64. The summed E-state index contributed by atoms with van der Waals surface area (Å²) in [7, 11) is 0. The van der Waals surface area contributed by atoms with Crippen molar-refractivity contribution in [1.29, 1.82) is 0 Å². The monoisotopic (exact) mass is 495 g/mol. The highest BCUT2D eigenvalue weighted by Crippen LogP contribution is 2.45. The molecule has 2 atom stereocenters. The summed E-state index contributed by atoms with van der Waals surface area (Å²) in [5, 5.41) is 6.16. The Bertz CT molecular complexity index is 1160. The third-order valence-electron chi connectivity index (χ3n) is 5.70. The SMILES string of the molecule is CC(=O)Nc1ccnc([C@]23CN(C(=O)OC(C)(C)C)C[C@H]2CSC(NC(=O)c2ccccc2)=N3)c1. The van der Waals surface area contributed by atoms with Crippen molar-refractivity contribution in [2.24, 2.45) is 10.9 Å². The van der Waals surface area contributed by atoms with Gasteiger partial charge in [-0.15, -0.1) is 0 Å². The van der Waals surface area contributed by atoms with Gasteiger partial charge in [0.15, 0.2) is 5.17 Å². The molecule has 2 aromatic rings. The topological polar surface area (TPSA) is 113 Å². The number of hydrogen-bond donors (Lipinski definition) is 2. The molecule has 35 heavy (non-hydrogen) atoms. The fourth-order valence-corrected chi connectivity index (χ4v) is 5.33. The Balaban J connectivity index is 1.69. The Labute approximate surface area is 208 Å². The minimum Gasteiger partial charge on any atom is -0.444 e. The molecule has 1 aromatic carbocycles. The standard InChI is InChI=1S/C25H29N5O4S/c1-16(31)27-19-10-11-26-20(12-19)25-15-30(23(33)34-24(2,3)4)13-18(25)14-35-22(29-25)28-21(32)17-8-6-5-7-9-17/h5-12,18H,13-15H2,1-4H3,(H,26,27,31)(H,28,29,32)/t18-,25-/m0/s1. The van der Waals surface area contributed by atoms with Crippen LogP contribution in [0.25, 0.3) is 0 Å². The number of carbonyl (C=O) groups is 3. The number of amidine groups is 1. The summed E-state index contributed by atoms with van der Waals surface area (Å²) in [6, 6.07) is 12.4. The molecule has 3 amide bonds. The highest BCUT2D eigenvalue weighted by molar-refractivity contribution is 8.13. The van der Waals surface area contributed by atoms with Crippen LogP contribution in [0, 0.1) is 5.92 Å². The van der Waals surface area contributed by atoms with Gasteiger partial charge >= 0.3 is 6.09 Å².